The molecule has 0 fully saturated rings. The van der Waals surface area contributed by atoms with Crippen molar-refractivity contribution in [3.8, 4) is 0 Å². The van der Waals surface area contributed by atoms with Crippen molar-refractivity contribution in [3.63, 3.8) is 0 Å². The van der Waals surface area contributed by atoms with Crippen LogP contribution >= 0.6 is 0 Å². The van der Waals surface area contributed by atoms with E-state index in [1.165, 1.54) is 0 Å². The Balaban J connectivity index is 2.56. The van der Waals surface area contributed by atoms with Crippen LogP contribution < -0.4 is 5.73 Å². The van der Waals surface area contributed by atoms with E-state index in [0.717, 1.165) is 23.4 Å². The summed E-state index contributed by atoms with van der Waals surface area (Å²) in [4.78, 5) is 0. The van der Waals surface area contributed by atoms with Crippen molar-refractivity contribution in [1.82, 2.24) is 9.78 Å². The molecule has 3 N–H and O–H groups in total. The van der Waals surface area contributed by atoms with E-state index in [0.29, 0.717) is 13.2 Å². The van der Waals surface area contributed by atoms with E-state index in [9.17, 15) is 0 Å². The molecule has 0 radical (unpaired) electrons. The van der Waals surface area contributed by atoms with Gasteiger partial charge < -0.3 is 10.5 Å². The zero-order valence-corrected chi connectivity index (χ0v) is 9.08. The highest BCUT2D eigenvalue weighted by molar-refractivity contribution is 5.95. The molecule has 0 bridgehead atoms. The van der Waals surface area contributed by atoms with Crippen LogP contribution in [0.3, 0.4) is 0 Å². The molecule has 0 aromatic carbocycles. The van der Waals surface area contributed by atoms with Crippen LogP contribution in [0, 0.1) is 5.41 Å². The van der Waals surface area contributed by atoms with Crippen LogP contribution in [0.5, 0.6) is 0 Å². The summed E-state index contributed by atoms with van der Waals surface area (Å²) in [6, 6.07) is 0.217. The summed E-state index contributed by atoms with van der Waals surface area (Å²) in [7, 11) is 0. The van der Waals surface area contributed by atoms with Crippen LogP contribution in [0.4, 0.5) is 0 Å². The summed E-state index contributed by atoms with van der Waals surface area (Å²) in [5.41, 5.74) is 8.33. The number of ether oxygens (including phenoxy) is 1. The Kier molecular flexibility index (Phi) is 2.48. The van der Waals surface area contributed by atoms with Gasteiger partial charge in [-0.25, -0.2) is 0 Å². The maximum atomic E-state index is 7.59. The first-order valence-electron chi connectivity index (χ1n) is 5.13. The van der Waals surface area contributed by atoms with Crippen LogP contribution in [-0.4, -0.2) is 22.2 Å². The van der Waals surface area contributed by atoms with Crippen LogP contribution in [-0.2, 0) is 17.8 Å². The standard InChI is InChI=1S/C10H16N4O/c1-6(2)14-9(10(11)12)7-5-15-4-3-8(7)13-14/h6H,3-5H2,1-2H3,(H3,11,12). The van der Waals surface area contributed by atoms with E-state index in [1.807, 2.05) is 18.5 Å². The van der Waals surface area contributed by atoms with Crippen molar-refractivity contribution in [3.05, 3.63) is 17.0 Å². The lowest BCUT2D eigenvalue weighted by Gasteiger charge is -2.12. The monoisotopic (exact) mass is 208 g/mol. The minimum Gasteiger partial charge on any atom is -0.382 e. The number of hydrogen-bond acceptors (Lipinski definition) is 3. The molecule has 0 atom stereocenters. The molecule has 0 amide bonds. The number of nitrogens with two attached hydrogens (primary N) is 1. The average Bonchev–Trinajstić information content (AvgIpc) is 2.56. The van der Waals surface area contributed by atoms with Gasteiger partial charge in [0, 0.05) is 18.0 Å². The van der Waals surface area contributed by atoms with Crippen molar-refractivity contribution >= 4 is 5.84 Å². The Labute approximate surface area is 88.7 Å². The lowest BCUT2D eigenvalue weighted by molar-refractivity contribution is 0.110. The molecule has 1 aromatic heterocycles. The van der Waals surface area contributed by atoms with Crippen molar-refractivity contribution in [1.29, 1.82) is 5.41 Å². The number of hydrogen-bond donors (Lipinski definition) is 2. The third-order valence-corrected chi connectivity index (χ3v) is 2.57. The zero-order valence-electron chi connectivity index (χ0n) is 9.08. The number of nitrogens with one attached hydrogen (secondary N) is 1. The summed E-state index contributed by atoms with van der Waals surface area (Å²) >= 11 is 0. The largest absolute Gasteiger partial charge is 0.382 e. The molecule has 2 rings (SSSR count). The molecule has 1 aliphatic rings. The zero-order chi connectivity index (χ0) is 11.0. The second-order valence-electron chi connectivity index (χ2n) is 4.03. The number of rotatable bonds is 2. The van der Waals surface area contributed by atoms with Gasteiger partial charge in [0.25, 0.3) is 0 Å². The molecule has 0 aliphatic carbocycles. The summed E-state index contributed by atoms with van der Waals surface area (Å²) in [5.74, 6) is 0.0722. The Morgan fingerprint density at radius 1 is 1.60 bits per heavy atom. The number of nitrogen functional groups attached to an aromatic ring is 1. The molecule has 0 unspecified atom stereocenters. The lowest BCUT2D eigenvalue weighted by atomic mass is 10.1. The van der Waals surface area contributed by atoms with Gasteiger partial charge in [-0.3, -0.25) is 10.1 Å². The molecular formula is C10H16N4O. The fourth-order valence-electron chi connectivity index (χ4n) is 1.87. The van der Waals surface area contributed by atoms with Crippen molar-refractivity contribution in [2.45, 2.75) is 32.9 Å². The van der Waals surface area contributed by atoms with Crippen molar-refractivity contribution < 1.29 is 4.74 Å². The summed E-state index contributed by atoms with van der Waals surface area (Å²) < 4.78 is 7.20. The number of amidine groups is 1. The van der Waals surface area contributed by atoms with E-state index in [4.69, 9.17) is 15.9 Å². The molecule has 0 saturated heterocycles. The second-order valence-corrected chi connectivity index (χ2v) is 4.03. The van der Waals surface area contributed by atoms with Crippen LogP contribution in [0.1, 0.15) is 36.8 Å². The van der Waals surface area contributed by atoms with Gasteiger partial charge in [-0.2, -0.15) is 5.10 Å². The van der Waals surface area contributed by atoms with E-state index in [-0.39, 0.29) is 11.9 Å². The van der Waals surface area contributed by atoms with Crippen molar-refractivity contribution in [2.24, 2.45) is 5.73 Å². The van der Waals surface area contributed by atoms with Gasteiger partial charge in [-0.1, -0.05) is 0 Å². The summed E-state index contributed by atoms with van der Waals surface area (Å²) in [6.45, 7) is 5.30. The smallest absolute Gasteiger partial charge is 0.141 e. The van der Waals surface area contributed by atoms with E-state index in [1.54, 1.807) is 0 Å². The highest BCUT2D eigenvalue weighted by Gasteiger charge is 2.23. The molecule has 2 heterocycles. The molecule has 0 spiro atoms. The molecule has 5 heteroatoms. The molecule has 15 heavy (non-hydrogen) atoms. The maximum absolute atomic E-state index is 7.59. The Hall–Kier alpha value is -1.36. The van der Waals surface area contributed by atoms with Crippen LogP contribution in [0.25, 0.3) is 0 Å². The highest BCUT2D eigenvalue weighted by atomic mass is 16.5. The van der Waals surface area contributed by atoms with Gasteiger partial charge in [0.2, 0.25) is 0 Å². The number of aromatic nitrogens is 2. The lowest BCUT2D eigenvalue weighted by Crippen LogP contribution is -2.21. The van der Waals surface area contributed by atoms with E-state index < -0.39 is 0 Å². The fourth-order valence-corrected chi connectivity index (χ4v) is 1.87. The first kappa shape index (κ1) is 10.2. The SMILES string of the molecule is CC(C)n1nc2c(c1C(=N)N)COCC2. The molecule has 1 aromatic rings. The predicted molar refractivity (Wildman–Crippen MR) is 57.0 cm³/mol. The van der Waals surface area contributed by atoms with Gasteiger partial charge in [0.15, 0.2) is 0 Å². The van der Waals surface area contributed by atoms with Gasteiger partial charge in [0.05, 0.1) is 18.9 Å². The maximum Gasteiger partial charge on any atom is 0.141 e. The summed E-state index contributed by atoms with van der Waals surface area (Å²) in [5, 5.41) is 12.1. The molecule has 5 nitrogen and oxygen atoms in total. The molecular weight excluding hydrogens is 192 g/mol. The Morgan fingerprint density at radius 3 is 2.93 bits per heavy atom. The Bertz CT molecular complexity index is 394. The predicted octanol–water partition coefficient (Wildman–Crippen LogP) is 0.821. The minimum absolute atomic E-state index is 0.0722. The second kappa shape index (κ2) is 3.66. The minimum atomic E-state index is 0.0722. The van der Waals surface area contributed by atoms with Crippen LogP contribution in [0.2, 0.25) is 0 Å². The highest BCUT2D eigenvalue weighted by Crippen LogP contribution is 2.22. The quantitative estimate of drug-likeness (QED) is 0.558. The first-order valence-corrected chi connectivity index (χ1v) is 5.13. The fraction of sp³-hybridized carbons (Fsp3) is 0.600. The normalized spacial score (nSPS) is 15.4. The summed E-state index contributed by atoms with van der Waals surface area (Å²) in [6.07, 6.45) is 0.815. The van der Waals surface area contributed by atoms with Crippen LogP contribution in [0.15, 0.2) is 0 Å². The molecule has 0 saturated carbocycles. The third kappa shape index (κ3) is 1.63. The molecule has 82 valence electrons. The number of nitrogens with zero attached hydrogens (tertiary/aromatic N) is 2. The number of fused-ring (bicyclic) bond motifs is 1. The van der Waals surface area contributed by atoms with Gasteiger partial charge in [-0.15, -0.1) is 0 Å². The topological polar surface area (TPSA) is 76.9 Å². The van der Waals surface area contributed by atoms with Crippen molar-refractivity contribution in [2.75, 3.05) is 6.61 Å². The van der Waals surface area contributed by atoms with E-state index in [2.05, 4.69) is 5.10 Å². The van der Waals surface area contributed by atoms with Gasteiger partial charge in [-0.05, 0) is 13.8 Å². The third-order valence-electron chi connectivity index (χ3n) is 2.57. The molecule has 1 aliphatic heterocycles. The van der Waals surface area contributed by atoms with Gasteiger partial charge >= 0.3 is 0 Å². The first-order chi connectivity index (χ1) is 7.11. The Morgan fingerprint density at radius 2 is 2.33 bits per heavy atom. The van der Waals surface area contributed by atoms with E-state index >= 15 is 0 Å². The van der Waals surface area contributed by atoms with Gasteiger partial charge in [0.1, 0.15) is 11.5 Å². The average molecular weight is 208 g/mol.